The number of rotatable bonds is 2. The molecule has 3 rings (SSSR count). The minimum atomic E-state index is 0.147. The predicted octanol–water partition coefficient (Wildman–Crippen LogP) is 3.79. The summed E-state index contributed by atoms with van der Waals surface area (Å²) in [5, 5.41) is 3.09. The van der Waals surface area contributed by atoms with Crippen LogP contribution in [0.3, 0.4) is 0 Å². The van der Waals surface area contributed by atoms with Crippen LogP contribution in [0.4, 0.5) is 0 Å². The Hall–Kier alpha value is -0.830. The molecule has 1 heterocycles. The van der Waals surface area contributed by atoms with Gasteiger partial charge in [-0.05, 0) is 55.1 Å². The topological polar surface area (TPSA) is 29.1 Å². The van der Waals surface area contributed by atoms with Crippen LogP contribution in [0.2, 0.25) is 0 Å². The van der Waals surface area contributed by atoms with E-state index in [2.05, 4.69) is 32.2 Å². The molecular weight excluding hydrogens is 254 g/mol. The summed E-state index contributed by atoms with van der Waals surface area (Å²) in [7, 11) is 0. The monoisotopic (exact) mass is 277 g/mol. The number of fused-ring (bicyclic) bond motifs is 1. The molecule has 1 N–H and O–H groups in total. The van der Waals surface area contributed by atoms with Crippen molar-refractivity contribution in [2.45, 2.75) is 58.9 Å². The molecule has 0 aliphatic heterocycles. The molecule has 3 heteroatoms. The van der Waals surface area contributed by atoms with E-state index >= 15 is 0 Å². The number of hydrogen-bond donors (Lipinski definition) is 1. The molecule has 2 nitrogen and oxygen atoms in total. The van der Waals surface area contributed by atoms with Crippen molar-refractivity contribution >= 4 is 17.2 Å². The number of thiophene rings is 1. The van der Waals surface area contributed by atoms with E-state index in [0.717, 1.165) is 36.5 Å². The van der Waals surface area contributed by atoms with E-state index in [9.17, 15) is 4.79 Å². The van der Waals surface area contributed by atoms with Gasteiger partial charge in [0, 0.05) is 10.9 Å². The molecule has 0 aromatic carbocycles. The Kier molecular flexibility index (Phi) is 3.20. The van der Waals surface area contributed by atoms with Gasteiger partial charge in [0.05, 0.1) is 4.88 Å². The van der Waals surface area contributed by atoms with Crippen molar-refractivity contribution in [2.24, 2.45) is 11.3 Å². The van der Waals surface area contributed by atoms with Crippen LogP contribution in [-0.2, 0) is 12.8 Å². The molecule has 0 unspecified atom stereocenters. The van der Waals surface area contributed by atoms with Crippen molar-refractivity contribution in [1.82, 2.24) is 5.32 Å². The molecule has 0 saturated heterocycles. The van der Waals surface area contributed by atoms with Crippen molar-refractivity contribution in [3.05, 3.63) is 21.4 Å². The normalized spacial score (nSPS) is 23.0. The van der Waals surface area contributed by atoms with Crippen LogP contribution in [0.15, 0.2) is 6.07 Å². The van der Waals surface area contributed by atoms with Gasteiger partial charge in [-0.15, -0.1) is 11.3 Å². The quantitative estimate of drug-likeness (QED) is 0.875. The number of amides is 1. The van der Waals surface area contributed by atoms with Crippen LogP contribution in [0.25, 0.3) is 0 Å². The second kappa shape index (κ2) is 4.62. The summed E-state index contributed by atoms with van der Waals surface area (Å²) in [5.41, 5.74) is 1.80. The Balaban J connectivity index is 1.74. The number of hydrogen-bond acceptors (Lipinski definition) is 2. The van der Waals surface area contributed by atoms with Gasteiger partial charge >= 0.3 is 0 Å². The third-order valence-corrected chi connectivity index (χ3v) is 5.68. The van der Waals surface area contributed by atoms with Crippen LogP contribution in [0, 0.1) is 11.3 Å². The van der Waals surface area contributed by atoms with Gasteiger partial charge in [0.2, 0.25) is 0 Å². The Bertz CT molecular complexity index is 493. The number of carbonyl (C=O) groups excluding carboxylic acids is 1. The van der Waals surface area contributed by atoms with E-state index in [4.69, 9.17) is 0 Å². The van der Waals surface area contributed by atoms with E-state index < -0.39 is 0 Å². The van der Waals surface area contributed by atoms with E-state index in [1.165, 1.54) is 16.9 Å². The van der Waals surface area contributed by atoms with Gasteiger partial charge in [-0.2, -0.15) is 0 Å². The van der Waals surface area contributed by atoms with Gasteiger partial charge in [-0.3, -0.25) is 4.79 Å². The fraction of sp³-hybridized carbons (Fsp3) is 0.688. The van der Waals surface area contributed by atoms with Crippen LogP contribution >= 0.6 is 11.3 Å². The predicted molar refractivity (Wildman–Crippen MR) is 79.8 cm³/mol. The molecule has 0 spiro atoms. The highest BCUT2D eigenvalue weighted by Gasteiger charge is 2.31. The van der Waals surface area contributed by atoms with Crippen molar-refractivity contribution in [1.29, 1.82) is 0 Å². The van der Waals surface area contributed by atoms with Gasteiger partial charge in [0.15, 0.2) is 0 Å². The van der Waals surface area contributed by atoms with E-state index in [1.54, 1.807) is 11.3 Å². The van der Waals surface area contributed by atoms with E-state index in [-0.39, 0.29) is 5.91 Å². The molecule has 104 valence electrons. The molecule has 1 saturated carbocycles. The van der Waals surface area contributed by atoms with Crippen molar-refractivity contribution < 1.29 is 4.79 Å². The van der Waals surface area contributed by atoms with Crippen LogP contribution in [0.5, 0.6) is 0 Å². The lowest BCUT2D eigenvalue weighted by atomic mass is 9.72. The zero-order valence-electron chi connectivity index (χ0n) is 12.1. The lowest BCUT2D eigenvalue weighted by Gasteiger charge is -2.33. The molecule has 2 aliphatic carbocycles. The molecule has 0 radical (unpaired) electrons. The van der Waals surface area contributed by atoms with Crippen molar-refractivity contribution in [2.75, 3.05) is 0 Å². The third kappa shape index (κ3) is 2.86. The Morgan fingerprint density at radius 1 is 1.32 bits per heavy atom. The summed E-state index contributed by atoms with van der Waals surface area (Å²) < 4.78 is 0. The second-order valence-corrected chi connectivity index (χ2v) is 8.25. The Morgan fingerprint density at radius 2 is 2.05 bits per heavy atom. The van der Waals surface area contributed by atoms with Crippen LogP contribution in [0.1, 0.15) is 60.1 Å². The average molecular weight is 277 g/mol. The SMILES string of the molecule is CC(C)(C)[C@@H]1CCc2sc(C(=O)NC3CC3)cc2C1. The number of aryl methyl sites for hydroxylation is 1. The van der Waals surface area contributed by atoms with Gasteiger partial charge in [-0.1, -0.05) is 20.8 Å². The molecule has 2 aliphatic rings. The number of carbonyl (C=O) groups is 1. The zero-order chi connectivity index (χ0) is 13.6. The Morgan fingerprint density at radius 3 is 2.68 bits per heavy atom. The van der Waals surface area contributed by atoms with Crippen molar-refractivity contribution in [3.63, 3.8) is 0 Å². The fourth-order valence-electron chi connectivity index (χ4n) is 2.86. The first kappa shape index (κ1) is 13.2. The minimum Gasteiger partial charge on any atom is -0.349 e. The standard InChI is InChI=1S/C16H23NOS/c1-16(2,3)11-4-7-13-10(8-11)9-14(19-13)15(18)17-12-5-6-12/h9,11-12H,4-8H2,1-3H3,(H,17,18)/t11-/m1/s1. The van der Waals surface area contributed by atoms with Crippen molar-refractivity contribution in [3.8, 4) is 0 Å². The summed E-state index contributed by atoms with van der Waals surface area (Å²) >= 11 is 1.71. The highest BCUT2D eigenvalue weighted by Crippen LogP contribution is 2.40. The lowest BCUT2D eigenvalue weighted by molar-refractivity contribution is 0.0955. The molecule has 1 fully saturated rings. The Labute approximate surface area is 119 Å². The molecule has 1 aromatic heterocycles. The average Bonchev–Trinajstić information content (AvgIpc) is 3.03. The molecule has 19 heavy (non-hydrogen) atoms. The third-order valence-electron chi connectivity index (χ3n) is 4.44. The maximum atomic E-state index is 12.1. The summed E-state index contributed by atoms with van der Waals surface area (Å²) in [6.07, 6.45) is 5.87. The second-order valence-electron chi connectivity index (χ2n) is 7.11. The largest absolute Gasteiger partial charge is 0.349 e. The molecule has 1 amide bonds. The molecular formula is C16H23NOS. The maximum absolute atomic E-state index is 12.1. The van der Waals surface area contributed by atoms with Gasteiger partial charge in [0.25, 0.3) is 5.91 Å². The summed E-state index contributed by atoms with van der Waals surface area (Å²) in [5.74, 6) is 0.892. The smallest absolute Gasteiger partial charge is 0.261 e. The minimum absolute atomic E-state index is 0.147. The van der Waals surface area contributed by atoms with E-state index in [1.807, 2.05) is 0 Å². The van der Waals surface area contributed by atoms with E-state index in [0.29, 0.717) is 11.5 Å². The highest BCUT2D eigenvalue weighted by atomic mass is 32.1. The number of nitrogens with one attached hydrogen (secondary N) is 1. The van der Waals surface area contributed by atoms with Gasteiger partial charge < -0.3 is 5.32 Å². The fourth-order valence-corrected chi connectivity index (χ4v) is 3.97. The van der Waals surface area contributed by atoms with Crippen LogP contribution in [-0.4, -0.2) is 11.9 Å². The summed E-state index contributed by atoms with van der Waals surface area (Å²) in [4.78, 5) is 14.5. The molecule has 1 atom stereocenters. The van der Waals surface area contributed by atoms with Crippen LogP contribution < -0.4 is 5.32 Å². The molecule has 0 bridgehead atoms. The zero-order valence-corrected chi connectivity index (χ0v) is 12.9. The first-order valence-corrected chi connectivity index (χ1v) is 8.17. The maximum Gasteiger partial charge on any atom is 0.261 e. The molecule has 1 aromatic rings. The van der Waals surface area contributed by atoms with Gasteiger partial charge in [0.1, 0.15) is 0 Å². The van der Waals surface area contributed by atoms with Gasteiger partial charge in [-0.25, -0.2) is 0 Å². The summed E-state index contributed by atoms with van der Waals surface area (Å²) in [6, 6.07) is 2.60. The highest BCUT2D eigenvalue weighted by molar-refractivity contribution is 7.14. The first-order valence-electron chi connectivity index (χ1n) is 7.36. The first-order chi connectivity index (χ1) is 8.93. The lowest BCUT2D eigenvalue weighted by Crippen LogP contribution is -2.26. The summed E-state index contributed by atoms with van der Waals surface area (Å²) in [6.45, 7) is 6.99.